The van der Waals surface area contributed by atoms with Crippen molar-refractivity contribution in [3.63, 3.8) is 0 Å². The van der Waals surface area contributed by atoms with Crippen molar-refractivity contribution in [2.75, 3.05) is 5.32 Å². The highest BCUT2D eigenvalue weighted by atomic mass is 16.3. The number of anilines is 2. The first kappa shape index (κ1) is 29.3. The number of nitrogens with one attached hydrogen (secondary N) is 1. The van der Waals surface area contributed by atoms with Crippen LogP contribution >= 0.6 is 0 Å². The van der Waals surface area contributed by atoms with Gasteiger partial charge in [0.2, 0.25) is 0 Å². The van der Waals surface area contributed by atoms with Gasteiger partial charge in [-0.1, -0.05) is 121 Å². The molecule has 51 heavy (non-hydrogen) atoms. The summed E-state index contributed by atoms with van der Waals surface area (Å²) in [6, 6.07) is 53.5. The second-order valence-electron chi connectivity index (χ2n) is 13.2. The van der Waals surface area contributed by atoms with Crippen LogP contribution in [0.2, 0.25) is 0 Å². The first-order valence-corrected chi connectivity index (χ1v) is 17.6. The third-order valence-electron chi connectivity index (χ3n) is 10.1. The van der Waals surface area contributed by atoms with Crippen LogP contribution < -0.4 is 5.32 Å². The van der Waals surface area contributed by atoms with Gasteiger partial charge in [-0.3, -0.25) is 0 Å². The summed E-state index contributed by atoms with van der Waals surface area (Å²) < 4.78 is 12.7. The average molecular weight is 656 g/mol. The van der Waals surface area contributed by atoms with Crippen LogP contribution in [0.15, 0.2) is 179 Å². The third kappa shape index (κ3) is 5.14. The van der Waals surface area contributed by atoms with Crippen LogP contribution in [-0.4, -0.2) is 0 Å². The van der Waals surface area contributed by atoms with Gasteiger partial charge >= 0.3 is 0 Å². The largest absolute Gasteiger partial charge is 0.456 e. The highest BCUT2D eigenvalue weighted by Crippen LogP contribution is 2.42. The van der Waals surface area contributed by atoms with Crippen molar-refractivity contribution in [1.82, 2.24) is 0 Å². The molecule has 0 aliphatic heterocycles. The average Bonchev–Trinajstić information content (AvgIpc) is 3.78. The van der Waals surface area contributed by atoms with E-state index in [-0.39, 0.29) is 0 Å². The first-order chi connectivity index (χ1) is 25.3. The van der Waals surface area contributed by atoms with Crippen LogP contribution in [0.3, 0.4) is 0 Å². The summed E-state index contributed by atoms with van der Waals surface area (Å²) >= 11 is 0. The lowest BCUT2D eigenvalue weighted by molar-refractivity contribution is 0.668. The molecule has 0 radical (unpaired) electrons. The number of fused-ring (bicyclic) bond motifs is 6. The summed E-state index contributed by atoms with van der Waals surface area (Å²) in [5, 5.41) is 8.20. The van der Waals surface area contributed by atoms with Gasteiger partial charge in [0.05, 0.1) is 11.1 Å². The van der Waals surface area contributed by atoms with Crippen LogP contribution in [0.25, 0.3) is 82.8 Å². The second kappa shape index (κ2) is 12.1. The molecule has 1 aliphatic rings. The molecule has 10 rings (SSSR count). The molecule has 0 spiro atoms. The monoisotopic (exact) mass is 655 g/mol. The molecule has 0 unspecified atom stereocenters. The lowest BCUT2D eigenvalue weighted by Crippen LogP contribution is -1.92. The van der Waals surface area contributed by atoms with Crippen molar-refractivity contribution in [3.05, 3.63) is 175 Å². The standard InChI is InChI=1S/C48H33NO2/c1-2-11-31(12-3-1)32-25-27-33(28-26-32)34-13-6-14-35(29-34)39-19-9-23-44-47(39)48-41(20-10-24-45(48)51-44)49-37-16-7-15-36(30-37)38-18-8-22-43-46(38)40-17-4-5-21-42(40)50-43/h2,4-30,49H,1,3H2. The van der Waals surface area contributed by atoms with Crippen LogP contribution in [-0.2, 0) is 0 Å². The molecular weight excluding hydrogens is 623 g/mol. The zero-order chi connectivity index (χ0) is 33.7. The van der Waals surface area contributed by atoms with Gasteiger partial charge in [-0.05, 0) is 106 Å². The molecule has 7 aromatic carbocycles. The Hall–Kier alpha value is -6.58. The minimum absolute atomic E-state index is 0.853. The number of para-hydroxylation sites is 1. The molecule has 0 bridgehead atoms. The van der Waals surface area contributed by atoms with Gasteiger partial charge < -0.3 is 14.2 Å². The summed E-state index contributed by atoms with van der Waals surface area (Å²) in [7, 11) is 0. The normalized spacial score (nSPS) is 13.0. The molecule has 0 fully saturated rings. The van der Waals surface area contributed by atoms with Gasteiger partial charge in [0, 0.05) is 21.8 Å². The van der Waals surface area contributed by atoms with Crippen molar-refractivity contribution >= 4 is 60.8 Å². The predicted octanol–water partition coefficient (Wildman–Crippen LogP) is 14.0. The zero-order valence-corrected chi connectivity index (χ0v) is 27.9. The highest BCUT2D eigenvalue weighted by molar-refractivity contribution is 6.18. The highest BCUT2D eigenvalue weighted by Gasteiger charge is 2.17. The van der Waals surface area contributed by atoms with E-state index in [4.69, 9.17) is 8.83 Å². The van der Waals surface area contributed by atoms with Gasteiger partial charge in [0.15, 0.2) is 0 Å². The summed E-state index contributed by atoms with van der Waals surface area (Å²) in [6.07, 6.45) is 9.05. The number of allylic oxidation sites excluding steroid dienone is 4. The third-order valence-corrected chi connectivity index (χ3v) is 10.1. The molecule has 242 valence electrons. The summed E-state index contributed by atoms with van der Waals surface area (Å²) in [6.45, 7) is 0. The van der Waals surface area contributed by atoms with Crippen molar-refractivity contribution in [1.29, 1.82) is 0 Å². The second-order valence-corrected chi connectivity index (χ2v) is 13.2. The van der Waals surface area contributed by atoms with Crippen LogP contribution in [0.1, 0.15) is 18.4 Å². The van der Waals surface area contributed by atoms with Crippen molar-refractivity contribution in [2.45, 2.75) is 12.8 Å². The molecule has 2 aromatic heterocycles. The fourth-order valence-corrected chi connectivity index (χ4v) is 7.70. The van der Waals surface area contributed by atoms with Crippen molar-refractivity contribution in [3.8, 4) is 33.4 Å². The fourth-order valence-electron chi connectivity index (χ4n) is 7.70. The SMILES string of the molecule is C1=CC(c2ccc(-c3cccc(-c4cccc5oc6cccc(Nc7cccc(-c8cccc9oc%10ccccc%10c89)c7)c6c45)c3)cc2)=CCC1. The Kier molecular flexibility index (Phi) is 6.95. The van der Waals surface area contributed by atoms with Gasteiger partial charge in [-0.25, -0.2) is 0 Å². The summed E-state index contributed by atoms with van der Waals surface area (Å²) in [5.74, 6) is 0. The Bertz CT molecular complexity index is 2830. The Labute approximate surface area is 295 Å². The molecule has 3 nitrogen and oxygen atoms in total. The Balaban J connectivity index is 1.04. The van der Waals surface area contributed by atoms with Gasteiger partial charge in [0.1, 0.15) is 22.3 Å². The maximum Gasteiger partial charge on any atom is 0.137 e. The van der Waals surface area contributed by atoms with E-state index in [0.717, 1.165) is 90.3 Å². The molecule has 3 heteroatoms. The van der Waals surface area contributed by atoms with Crippen LogP contribution in [0.4, 0.5) is 11.4 Å². The number of furan rings is 2. The predicted molar refractivity (Wildman–Crippen MR) is 213 cm³/mol. The molecule has 0 saturated heterocycles. The lowest BCUT2D eigenvalue weighted by Gasteiger charge is -2.12. The maximum absolute atomic E-state index is 6.49. The van der Waals surface area contributed by atoms with E-state index in [1.165, 1.54) is 22.3 Å². The van der Waals surface area contributed by atoms with E-state index in [2.05, 4.69) is 157 Å². The Morgan fingerprint density at radius 1 is 0.431 bits per heavy atom. The maximum atomic E-state index is 6.49. The van der Waals surface area contributed by atoms with E-state index < -0.39 is 0 Å². The Morgan fingerprint density at radius 3 is 1.88 bits per heavy atom. The van der Waals surface area contributed by atoms with E-state index in [9.17, 15) is 0 Å². The van der Waals surface area contributed by atoms with E-state index in [0.29, 0.717) is 0 Å². The number of rotatable bonds is 6. The minimum atomic E-state index is 0.853. The van der Waals surface area contributed by atoms with Gasteiger partial charge in [0.25, 0.3) is 0 Å². The topological polar surface area (TPSA) is 38.3 Å². The molecule has 0 saturated carbocycles. The minimum Gasteiger partial charge on any atom is -0.456 e. The number of benzene rings is 7. The first-order valence-electron chi connectivity index (χ1n) is 17.6. The van der Waals surface area contributed by atoms with Crippen LogP contribution in [0, 0.1) is 0 Å². The van der Waals surface area contributed by atoms with Crippen molar-refractivity contribution < 1.29 is 8.83 Å². The van der Waals surface area contributed by atoms with Gasteiger partial charge in [-0.15, -0.1) is 0 Å². The molecule has 1 aliphatic carbocycles. The number of hydrogen-bond donors (Lipinski definition) is 1. The molecular formula is C48H33NO2. The molecule has 1 N–H and O–H groups in total. The van der Waals surface area contributed by atoms with E-state index in [1.807, 2.05) is 18.2 Å². The van der Waals surface area contributed by atoms with E-state index in [1.54, 1.807) is 0 Å². The smallest absolute Gasteiger partial charge is 0.137 e. The van der Waals surface area contributed by atoms with Crippen molar-refractivity contribution in [2.24, 2.45) is 0 Å². The molecule has 0 atom stereocenters. The summed E-state index contributed by atoms with van der Waals surface area (Å²) in [4.78, 5) is 0. The molecule has 9 aromatic rings. The fraction of sp³-hybridized carbons (Fsp3) is 0.0417. The summed E-state index contributed by atoms with van der Waals surface area (Å²) in [5.41, 5.74) is 15.0. The van der Waals surface area contributed by atoms with E-state index >= 15 is 0 Å². The lowest BCUT2D eigenvalue weighted by atomic mass is 9.94. The molecule has 0 amide bonds. The zero-order valence-electron chi connectivity index (χ0n) is 27.9. The Morgan fingerprint density at radius 2 is 1.06 bits per heavy atom. The van der Waals surface area contributed by atoms with Crippen LogP contribution in [0.5, 0.6) is 0 Å². The number of hydrogen-bond acceptors (Lipinski definition) is 3. The molecule has 2 heterocycles. The van der Waals surface area contributed by atoms with Gasteiger partial charge in [-0.2, -0.15) is 0 Å². The quantitative estimate of drug-likeness (QED) is 0.194.